The molecule has 0 radical (unpaired) electrons. The summed E-state index contributed by atoms with van der Waals surface area (Å²) < 4.78 is 13.3. The fourth-order valence-electron chi connectivity index (χ4n) is 4.11. The molecule has 0 bridgehead atoms. The SMILES string of the molecule is CN1C(=O)C(c2ccc(F)cc2)=C(N2CCC(Cc3ccccc3)CC2)C1=O. The van der Waals surface area contributed by atoms with Crippen molar-refractivity contribution >= 4 is 17.4 Å². The Morgan fingerprint density at radius 2 is 1.57 bits per heavy atom. The molecule has 2 aliphatic heterocycles. The lowest BCUT2D eigenvalue weighted by atomic mass is 9.89. The van der Waals surface area contributed by atoms with Crippen LogP contribution < -0.4 is 0 Å². The molecule has 0 atom stereocenters. The fraction of sp³-hybridized carbons (Fsp3) is 0.304. The first-order valence-corrected chi connectivity index (χ1v) is 9.66. The summed E-state index contributed by atoms with van der Waals surface area (Å²) in [6.45, 7) is 1.48. The standard InChI is InChI=1S/C23H23FN2O2/c1-25-22(27)20(18-7-9-19(24)10-8-18)21(23(25)28)26-13-11-17(12-14-26)15-16-5-3-2-4-6-16/h2-10,17H,11-15H2,1H3. The predicted molar refractivity (Wildman–Crippen MR) is 106 cm³/mol. The van der Waals surface area contributed by atoms with Crippen LogP contribution in [-0.4, -0.2) is 41.8 Å². The van der Waals surface area contributed by atoms with Crippen LogP contribution in [0.2, 0.25) is 0 Å². The second-order valence-electron chi connectivity index (χ2n) is 7.52. The number of hydrogen-bond acceptors (Lipinski definition) is 3. The van der Waals surface area contributed by atoms with Crippen molar-refractivity contribution in [2.75, 3.05) is 20.1 Å². The van der Waals surface area contributed by atoms with Crippen molar-refractivity contribution in [2.24, 2.45) is 5.92 Å². The van der Waals surface area contributed by atoms with Gasteiger partial charge in [-0.3, -0.25) is 14.5 Å². The van der Waals surface area contributed by atoms with Crippen molar-refractivity contribution in [3.8, 4) is 0 Å². The first-order valence-electron chi connectivity index (χ1n) is 9.66. The zero-order valence-corrected chi connectivity index (χ0v) is 15.9. The lowest BCUT2D eigenvalue weighted by Gasteiger charge is -2.34. The summed E-state index contributed by atoms with van der Waals surface area (Å²) in [6, 6.07) is 16.2. The van der Waals surface area contributed by atoms with Gasteiger partial charge in [0, 0.05) is 20.1 Å². The van der Waals surface area contributed by atoms with Crippen LogP contribution in [0.1, 0.15) is 24.0 Å². The van der Waals surface area contributed by atoms with Gasteiger partial charge in [0.1, 0.15) is 11.5 Å². The highest BCUT2D eigenvalue weighted by atomic mass is 19.1. The van der Waals surface area contributed by atoms with E-state index in [0.717, 1.165) is 37.3 Å². The van der Waals surface area contributed by atoms with Gasteiger partial charge in [0.25, 0.3) is 11.8 Å². The minimum Gasteiger partial charge on any atom is -0.366 e. The Kier molecular flexibility index (Phi) is 4.99. The molecule has 4 nitrogen and oxygen atoms in total. The van der Waals surface area contributed by atoms with Crippen molar-refractivity contribution < 1.29 is 14.0 Å². The highest BCUT2D eigenvalue weighted by molar-refractivity contribution is 6.35. The number of hydrogen-bond donors (Lipinski definition) is 0. The summed E-state index contributed by atoms with van der Waals surface area (Å²) in [5, 5.41) is 0. The van der Waals surface area contributed by atoms with E-state index in [1.807, 2.05) is 11.0 Å². The zero-order chi connectivity index (χ0) is 19.7. The Morgan fingerprint density at radius 3 is 2.21 bits per heavy atom. The van der Waals surface area contributed by atoms with E-state index in [1.165, 1.54) is 24.7 Å². The van der Waals surface area contributed by atoms with Crippen LogP contribution in [0.4, 0.5) is 4.39 Å². The van der Waals surface area contributed by atoms with E-state index in [-0.39, 0.29) is 17.6 Å². The minimum atomic E-state index is -0.363. The van der Waals surface area contributed by atoms with Gasteiger partial charge in [0.05, 0.1) is 5.57 Å². The number of carbonyl (C=O) groups is 2. The smallest absolute Gasteiger partial charge is 0.277 e. The highest BCUT2D eigenvalue weighted by Gasteiger charge is 2.40. The number of halogens is 1. The van der Waals surface area contributed by atoms with Crippen LogP contribution in [-0.2, 0) is 16.0 Å². The molecule has 0 unspecified atom stereocenters. The Hall–Kier alpha value is -2.95. The van der Waals surface area contributed by atoms with E-state index in [2.05, 4.69) is 24.3 Å². The first kappa shape index (κ1) is 18.4. The van der Waals surface area contributed by atoms with Crippen LogP contribution in [0.25, 0.3) is 5.57 Å². The molecule has 2 aromatic rings. The first-order chi connectivity index (χ1) is 13.5. The molecular weight excluding hydrogens is 355 g/mol. The minimum absolute atomic E-state index is 0.272. The van der Waals surface area contributed by atoms with Gasteiger partial charge in [-0.1, -0.05) is 42.5 Å². The van der Waals surface area contributed by atoms with Crippen LogP contribution in [0, 0.1) is 11.7 Å². The number of piperidine rings is 1. The molecule has 5 heteroatoms. The van der Waals surface area contributed by atoms with Gasteiger partial charge < -0.3 is 4.90 Å². The Morgan fingerprint density at radius 1 is 0.929 bits per heavy atom. The molecule has 0 spiro atoms. The maximum Gasteiger partial charge on any atom is 0.277 e. The van der Waals surface area contributed by atoms with Crippen LogP contribution in [0.15, 0.2) is 60.3 Å². The molecule has 1 fully saturated rings. The van der Waals surface area contributed by atoms with E-state index >= 15 is 0 Å². The maximum absolute atomic E-state index is 13.3. The van der Waals surface area contributed by atoms with E-state index in [9.17, 15) is 14.0 Å². The van der Waals surface area contributed by atoms with Crippen LogP contribution in [0.5, 0.6) is 0 Å². The summed E-state index contributed by atoms with van der Waals surface area (Å²) >= 11 is 0. The summed E-state index contributed by atoms with van der Waals surface area (Å²) in [6.07, 6.45) is 2.98. The molecule has 0 aromatic heterocycles. The Labute approximate surface area is 164 Å². The number of imide groups is 1. The molecule has 0 saturated carbocycles. The average molecular weight is 378 g/mol. The summed E-state index contributed by atoms with van der Waals surface area (Å²) in [4.78, 5) is 28.6. The third kappa shape index (κ3) is 3.44. The van der Waals surface area contributed by atoms with E-state index < -0.39 is 0 Å². The van der Waals surface area contributed by atoms with E-state index in [0.29, 0.717) is 22.8 Å². The maximum atomic E-state index is 13.3. The van der Waals surface area contributed by atoms with E-state index in [1.54, 1.807) is 12.1 Å². The van der Waals surface area contributed by atoms with Gasteiger partial charge in [-0.25, -0.2) is 4.39 Å². The van der Waals surface area contributed by atoms with Gasteiger partial charge in [-0.2, -0.15) is 0 Å². The molecule has 144 valence electrons. The van der Waals surface area contributed by atoms with Gasteiger partial charge >= 0.3 is 0 Å². The molecule has 0 N–H and O–H groups in total. The van der Waals surface area contributed by atoms with Crippen LogP contribution in [0.3, 0.4) is 0 Å². The Bertz CT molecular complexity index is 913. The fourth-order valence-corrected chi connectivity index (χ4v) is 4.11. The molecule has 0 aliphatic carbocycles. The summed E-state index contributed by atoms with van der Waals surface area (Å²) in [5.74, 6) is -0.389. The second kappa shape index (κ2) is 7.58. The van der Waals surface area contributed by atoms with E-state index in [4.69, 9.17) is 0 Å². The number of nitrogens with zero attached hydrogens (tertiary/aromatic N) is 2. The average Bonchev–Trinajstić information content (AvgIpc) is 2.94. The van der Waals surface area contributed by atoms with Gasteiger partial charge in [-0.05, 0) is 48.4 Å². The molecule has 1 saturated heterocycles. The summed E-state index contributed by atoms with van der Waals surface area (Å²) in [7, 11) is 1.50. The molecule has 2 aliphatic rings. The summed E-state index contributed by atoms with van der Waals surface area (Å²) in [5.41, 5.74) is 2.76. The van der Waals surface area contributed by atoms with Gasteiger partial charge in [0.15, 0.2) is 0 Å². The van der Waals surface area contributed by atoms with Crippen molar-refractivity contribution in [2.45, 2.75) is 19.3 Å². The quantitative estimate of drug-likeness (QED) is 0.765. The Balaban J connectivity index is 1.55. The van der Waals surface area contributed by atoms with Crippen molar-refractivity contribution in [1.29, 1.82) is 0 Å². The molecule has 2 amide bonds. The lowest BCUT2D eigenvalue weighted by Crippen LogP contribution is -2.38. The predicted octanol–water partition coefficient (Wildman–Crippen LogP) is 3.49. The number of likely N-dealkylation sites (N-methyl/N-ethyl adjacent to an activating group) is 1. The van der Waals surface area contributed by atoms with Crippen molar-refractivity contribution in [3.05, 3.63) is 77.2 Å². The van der Waals surface area contributed by atoms with Crippen LogP contribution >= 0.6 is 0 Å². The van der Waals surface area contributed by atoms with Crippen molar-refractivity contribution in [3.63, 3.8) is 0 Å². The zero-order valence-electron chi connectivity index (χ0n) is 15.9. The number of benzene rings is 2. The monoisotopic (exact) mass is 378 g/mol. The number of carbonyl (C=O) groups excluding carboxylic acids is 2. The largest absolute Gasteiger partial charge is 0.366 e. The number of rotatable bonds is 4. The topological polar surface area (TPSA) is 40.6 Å². The highest BCUT2D eigenvalue weighted by Crippen LogP contribution is 2.33. The lowest BCUT2D eigenvalue weighted by molar-refractivity contribution is -0.136. The third-order valence-electron chi connectivity index (χ3n) is 5.69. The molecule has 28 heavy (non-hydrogen) atoms. The normalized spacial score (nSPS) is 18.4. The number of likely N-dealkylation sites (tertiary alicyclic amines) is 1. The number of amides is 2. The second-order valence-corrected chi connectivity index (χ2v) is 7.52. The third-order valence-corrected chi connectivity index (χ3v) is 5.69. The van der Waals surface area contributed by atoms with Crippen molar-refractivity contribution in [1.82, 2.24) is 9.80 Å². The van der Waals surface area contributed by atoms with Gasteiger partial charge in [0.2, 0.25) is 0 Å². The molecular formula is C23H23FN2O2. The molecule has 4 rings (SSSR count). The molecule has 2 aromatic carbocycles. The molecule has 2 heterocycles. The van der Waals surface area contributed by atoms with Gasteiger partial charge in [-0.15, -0.1) is 0 Å².